The molecule has 1 aromatic carbocycles. The summed E-state index contributed by atoms with van der Waals surface area (Å²) in [6.07, 6.45) is 0. The molecule has 1 aliphatic heterocycles. The predicted molar refractivity (Wildman–Crippen MR) is 94.0 cm³/mol. The summed E-state index contributed by atoms with van der Waals surface area (Å²) in [7, 11) is -1.84. The number of carbonyl (C=O) groups excluding carboxylic acids is 2. The lowest BCUT2D eigenvalue weighted by Crippen LogP contribution is -2.41. The Bertz CT molecular complexity index is 636. The molecule has 1 heterocycles. The molecule has 1 amide bonds. The first-order chi connectivity index (χ1) is 11.1. The van der Waals surface area contributed by atoms with E-state index in [1.807, 2.05) is 0 Å². The first-order valence-electron chi connectivity index (χ1n) is 7.98. The van der Waals surface area contributed by atoms with E-state index in [0.717, 1.165) is 0 Å². The number of ether oxygens (including phenoxy) is 2. The highest BCUT2D eigenvalue weighted by Gasteiger charge is 2.36. The normalized spacial score (nSPS) is 14.5. The standard InChI is InChI=1S/C17H25NO5Si/c1-17(2,3)24(4,5)23-9-8-21-16(20)12-6-7-14-13(10-12)18-15(19)11-22-14/h6-7,10H,8-9,11H2,1-5H3,(H,18,19). The molecule has 0 aromatic heterocycles. The largest absolute Gasteiger partial charge is 0.482 e. The highest BCUT2D eigenvalue weighted by atomic mass is 28.4. The number of benzene rings is 1. The summed E-state index contributed by atoms with van der Waals surface area (Å²) in [6.45, 7) is 11.4. The van der Waals surface area contributed by atoms with Crippen LogP contribution in [-0.4, -0.2) is 40.0 Å². The van der Waals surface area contributed by atoms with Crippen molar-refractivity contribution in [1.82, 2.24) is 0 Å². The van der Waals surface area contributed by atoms with Crippen LogP contribution in [-0.2, 0) is 14.0 Å². The summed E-state index contributed by atoms with van der Waals surface area (Å²) >= 11 is 0. The molecule has 0 atom stereocenters. The number of hydrogen-bond donors (Lipinski definition) is 1. The number of amides is 1. The van der Waals surface area contributed by atoms with Crippen LogP contribution in [0, 0.1) is 0 Å². The van der Waals surface area contributed by atoms with Crippen molar-refractivity contribution in [2.45, 2.75) is 38.9 Å². The third-order valence-corrected chi connectivity index (χ3v) is 8.97. The van der Waals surface area contributed by atoms with Crippen LogP contribution in [0.5, 0.6) is 5.75 Å². The number of esters is 1. The van der Waals surface area contributed by atoms with Gasteiger partial charge in [0.15, 0.2) is 14.9 Å². The maximum absolute atomic E-state index is 12.1. The summed E-state index contributed by atoms with van der Waals surface area (Å²) < 4.78 is 16.5. The van der Waals surface area contributed by atoms with Gasteiger partial charge in [-0.2, -0.15) is 0 Å². The Kier molecular flexibility index (Phi) is 5.34. The van der Waals surface area contributed by atoms with Crippen LogP contribution in [0.1, 0.15) is 31.1 Å². The number of hydrogen-bond acceptors (Lipinski definition) is 5. The lowest BCUT2D eigenvalue weighted by Gasteiger charge is -2.36. The van der Waals surface area contributed by atoms with Crippen molar-refractivity contribution < 1.29 is 23.5 Å². The second-order valence-electron chi connectivity index (χ2n) is 7.29. The minimum absolute atomic E-state index is 0.0123. The van der Waals surface area contributed by atoms with Gasteiger partial charge in [0.2, 0.25) is 0 Å². The fourth-order valence-corrected chi connectivity index (χ4v) is 2.97. The van der Waals surface area contributed by atoms with Gasteiger partial charge < -0.3 is 19.2 Å². The zero-order valence-electron chi connectivity index (χ0n) is 14.9. The maximum Gasteiger partial charge on any atom is 0.338 e. The van der Waals surface area contributed by atoms with E-state index in [1.165, 1.54) is 0 Å². The number of nitrogens with one attached hydrogen (secondary N) is 1. The highest BCUT2D eigenvalue weighted by molar-refractivity contribution is 6.74. The van der Waals surface area contributed by atoms with Crippen LogP contribution >= 0.6 is 0 Å². The Hall–Kier alpha value is -1.86. The fourth-order valence-electron chi connectivity index (χ4n) is 1.94. The van der Waals surface area contributed by atoms with Crippen molar-refractivity contribution in [2.24, 2.45) is 0 Å². The third kappa shape index (κ3) is 4.36. The number of fused-ring (bicyclic) bond motifs is 1. The molecule has 0 fully saturated rings. The Morgan fingerprint density at radius 2 is 2.00 bits per heavy atom. The van der Waals surface area contributed by atoms with Gasteiger partial charge in [0.1, 0.15) is 12.4 Å². The summed E-state index contributed by atoms with van der Waals surface area (Å²) in [5.74, 6) is -0.139. The molecule has 24 heavy (non-hydrogen) atoms. The van der Waals surface area contributed by atoms with Crippen LogP contribution in [0.3, 0.4) is 0 Å². The summed E-state index contributed by atoms with van der Waals surface area (Å²) in [5, 5.41) is 2.79. The molecule has 1 aliphatic rings. The zero-order valence-corrected chi connectivity index (χ0v) is 15.9. The topological polar surface area (TPSA) is 73.9 Å². The van der Waals surface area contributed by atoms with E-state index in [0.29, 0.717) is 23.6 Å². The van der Waals surface area contributed by atoms with E-state index in [1.54, 1.807) is 18.2 Å². The summed E-state index contributed by atoms with van der Waals surface area (Å²) in [4.78, 5) is 23.4. The number of anilines is 1. The van der Waals surface area contributed by atoms with Crippen LogP contribution in [0.25, 0.3) is 0 Å². The van der Waals surface area contributed by atoms with Crippen molar-refractivity contribution in [3.8, 4) is 5.75 Å². The van der Waals surface area contributed by atoms with Gasteiger partial charge in [0, 0.05) is 0 Å². The highest BCUT2D eigenvalue weighted by Crippen LogP contribution is 2.36. The summed E-state index contributed by atoms with van der Waals surface area (Å²) in [6, 6.07) is 4.83. The zero-order chi connectivity index (χ0) is 18.0. The van der Waals surface area contributed by atoms with E-state index >= 15 is 0 Å². The molecular weight excluding hydrogens is 326 g/mol. The van der Waals surface area contributed by atoms with E-state index in [2.05, 4.69) is 39.2 Å². The van der Waals surface area contributed by atoms with Crippen molar-refractivity contribution in [3.63, 3.8) is 0 Å². The maximum atomic E-state index is 12.1. The smallest absolute Gasteiger partial charge is 0.338 e. The van der Waals surface area contributed by atoms with Gasteiger partial charge >= 0.3 is 5.97 Å². The van der Waals surface area contributed by atoms with Gasteiger partial charge in [-0.25, -0.2) is 4.79 Å². The molecule has 6 nitrogen and oxygen atoms in total. The molecule has 0 unspecified atom stereocenters. The minimum atomic E-state index is -1.84. The molecule has 132 valence electrons. The van der Waals surface area contributed by atoms with Gasteiger partial charge in [-0.1, -0.05) is 20.8 Å². The average molecular weight is 351 g/mol. The molecule has 0 spiro atoms. The Labute approximate surface area is 143 Å². The molecule has 7 heteroatoms. The fraction of sp³-hybridized carbons (Fsp3) is 0.529. The van der Waals surface area contributed by atoms with Crippen molar-refractivity contribution in [1.29, 1.82) is 0 Å². The molecule has 0 aliphatic carbocycles. The van der Waals surface area contributed by atoms with Gasteiger partial charge in [0.05, 0.1) is 17.9 Å². The quantitative estimate of drug-likeness (QED) is 0.501. The minimum Gasteiger partial charge on any atom is -0.482 e. The average Bonchev–Trinajstić information content (AvgIpc) is 2.49. The Morgan fingerprint density at radius 3 is 2.67 bits per heavy atom. The molecule has 1 aromatic rings. The molecule has 1 N–H and O–H groups in total. The van der Waals surface area contributed by atoms with Crippen molar-refractivity contribution >= 4 is 25.9 Å². The van der Waals surface area contributed by atoms with E-state index in [4.69, 9.17) is 13.9 Å². The van der Waals surface area contributed by atoms with Crippen LogP contribution in [0.2, 0.25) is 18.1 Å². The van der Waals surface area contributed by atoms with E-state index < -0.39 is 14.3 Å². The second-order valence-corrected chi connectivity index (χ2v) is 12.1. The number of carbonyl (C=O) groups is 2. The number of rotatable bonds is 5. The lowest BCUT2D eigenvalue weighted by molar-refractivity contribution is -0.118. The lowest BCUT2D eigenvalue weighted by atomic mass is 10.1. The molecular formula is C17H25NO5Si. The predicted octanol–water partition coefficient (Wildman–Crippen LogP) is 3.20. The summed E-state index contributed by atoms with van der Waals surface area (Å²) in [5.41, 5.74) is 0.852. The molecule has 0 saturated carbocycles. The van der Waals surface area contributed by atoms with E-state index in [9.17, 15) is 9.59 Å². The molecule has 2 rings (SSSR count). The van der Waals surface area contributed by atoms with Gasteiger partial charge in [-0.3, -0.25) is 4.79 Å². The third-order valence-electron chi connectivity index (χ3n) is 4.43. The Balaban J connectivity index is 1.87. The monoisotopic (exact) mass is 351 g/mol. The van der Waals surface area contributed by atoms with Crippen LogP contribution < -0.4 is 10.1 Å². The second kappa shape index (κ2) is 6.94. The first kappa shape index (κ1) is 18.5. The first-order valence-corrected chi connectivity index (χ1v) is 10.9. The molecule has 0 radical (unpaired) electrons. The van der Waals surface area contributed by atoms with E-state index in [-0.39, 0.29) is 24.2 Å². The Morgan fingerprint density at radius 1 is 1.29 bits per heavy atom. The van der Waals surface area contributed by atoms with Gasteiger partial charge in [0.25, 0.3) is 5.91 Å². The van der Waals surface area contributed by atoms with Gasteiger partial charge in [-0.15, -0.1) is 0 Å². The van der Waals surface area contributed by atoms with Crippen molar-refractivity contribution in [2.75, 3.05) is 25.1 Å². The molecule has 0 saturated heterocycles. The SMILES string of the molecule is CC(C)(C)[Si](C)(C)OCCOC(=O)c1ccc2c(c1)NC(=O)CO2. The van der Waals surface area contributed by atoms with Crippen molar-refractivity contribution in [3.05, 3.63) is 23.8 Å². The molecule has 0 bridgehead atoms. The van der Waals surface area contributed by atoms with Crippen LogP contribution in [0.15, 0.2) is 18.2 Å². The van der Waals surface area contributed by atoms with Crippen LogP contribution in [0.4, 0.5) is 5.69 Å². The van der Waals surface area contributed by atoms with Gasteiger partial charge in [-0.05, 0) is 36.3 Å².